The minimum Gasteiger partial charge on any atom is -0.371 e. The molecule has 3 heterocycles. The van der Waals surface area contributed by atoms with Gasteiger partial charge in [-0.1, -0.05) is 54.1 Å². The molecule has 1 unspecified atom stereocenters. The number of halogens is 1. The number of aromatic nitrogens is 3. The van der Waals surface area contributed by atoms with Gasteiger partial charge in [-0.2, -0.15) is 0 Å². The van der Waals surface area contributed by atoms with Gasteiger partial charge in [0.05, 0.1) is 39.7 Å². The van der Waals surface area contributed by atoms with Crippen LogP contribution in [0.5, 0.6) is 0 Å². The first-order chi connectivity index (χ1) is 16.9. The SMILES string of the molecule is Cc1ccc(C2Nc3ccccc3-n3c(-c4ccccc4F)c4c(=O)n(C)c(=O)n(C)c4c32)cc1. The second-order valence-corrected chi connectivity index (χ2v) is 8.98. The van der Waals surface area contributed by atoms with Gasteiger partial charge in [0, 0.05) is 19.7 Å². The Morgan fingerprint density at radius 3 is 2.29 bits per heavy atom. The Morgan fingerprint density at radius 2 is 1.54 bits per heavy atom. The quantitative estimate of drug-likeness (QED) is 0.412. The highest BCUT2D eigenvalue weighted by molar-refractivity contribution is 5.99. The number of benzene rings is 3. The fourth-order valence-corrected chi connectivity index (χ4v) is 5.13. The van der Waals surface area contributed by atoms with Gasteiger partial charge in [-0.25, -0.2) is 9.18 Å². The van der Waals surface area contributed by atoms with Crippen molar-refractivity contribution >= 4 is 16.6 Å². The molecule has 35 heavy (non-hydrogen) atoms. The highest BCUT2D eigenvalue weighted by atomic mass is 19.1. The van der Waals surface area contributed by atoms with Gasteiger partial charge in [-0.05, 0) is 36.8 Å². The molecule has 3 aromatic carbocycles. The third kappa shape index (κ3) is 2.94. The molecule has 1 atom stereocenters. The summed E-state index contributed by atoms with van der Waals surface area (Å²) in [7, 11) is 3.11. The maximum atomic E-state index is 15.3. The molecule has 5 aromatic rings. The van der Waals surface area contributed by atoms with Gasteiger partial charge in [0.2, 0.25) is 0 Å². The summed E-state index contributed by atoms with van der Waals surface area (Å²) in [6, 6.07) is 21.9. The van der Waals surface area contributed by atoms with E-state index in [0.29, 0.717) is 22.2 Å². The summed E-state index contributed by atoms with van der Waals surface area (Å²) in [5.74, 6) is -0.437. The van der Waals surface area contributed by atoms with E-state index in [4.69, 9.17) is 0 Å². The van der Waals surface area contributed by atoms with Gasteiger partial charge in [-0.3, -0.25) is 13.9 Å². The van der Waals surface area contributed by atoms with Crippen molar-refractivity contribution in [3.05, 3.63) is 116 Å². The topological polar surface area (TPSA) is 61.0 Å². The highest BCUT2D eigenvalue weighted by Gasteiger charge is 2.35. The molecule has 1 aliphatic heterocycles. The predicted molar refractivity (Wildman–Crippen MR) is 136 cm³/mol. The van der Waals surface area contributed by atoms with E-state index in [2.05, 4.69) is 5.32 Å². The van der Waals surface area contributed by atoms with E-state index in [9.17, 15) is 9.59 Å². The van der Waals surface area contributed by atoms with Crippen LogP contribution in [0.15, 0.2) is 82.4 Å². The molecule has 6 rings (SSSR count). The molecule has 0 saturated carbocycles. The molecule has 0 radical (unpaired) electrons. The molecule has 1 aliphatic rings. The average Bonchev–Trinajstić information content (AvgIpc) is 3.23. The molecule has 2 aromatic heterocycles. The lowest BCUT2D eigenvalue weighted by atomic mass is 9.98. The zero-order chi connectivity index (χ0) is 24.4. The van der Waals surface area contributed by atoms with Gasteiger partial charge in [-0.15, -0.1) is 0 Å². The van der Waals surface area contributed by atoms with Crippen molar-refractivity contribution in [2.24, 2.45) is 14.1 Å². The van der Waals surface area contributed by atoms with Crippen molar-refractivity contribution in [2.45, 2.75) is 13.0 Å². The van der Waals surface area contributed by atoms with E-state index in [1.807, 2.05) is 60.0 Å². The average molecular weight is 467 g/mol. The first-order valence-corrected chi connectivity index (χ1v) is 11.4. The summed E-state index contributed by atoms with van der Waals surface area (Å²) >= 11 is 0. The summed E-state index contributed by atoms with van der Waals surface area (Å²) in [5.41, 5.74) is 4.80. The second kappa shape index (κ2) is 7.56. The Labute approximate surface area is 200 Å². The minimum atomic E-state index is -0.455. The molecule has 0 fully saturated rings. The first-order valence-electron chi connectivity index (χ1n) is 11.4. The first kappa shape index (κ1) is 21.2. The standard InChI is InChI=1S/C28H23FN4O2/c1-16-12-14-17(15-13-16)23-26-25-22(27(34)32(3)28(35)31(25)2)24(18-8-4-5-9-19(18)29)33(26)21-11-7-6-10-20(21)30-23/h4-15,23,30H,1-3H3. The normalized spacial score (nSPS) is 14.5. The van der Waals surface area contributed by atoms with Gasteiger partial charge >= 0.3 is 5.69 Å². The van der Waals surface area contributed by atoms with Crippen LogP contribution < -0.4 is 16.6 Å². The zero-order valence-corrected chi connectivity index (χ0v) is 19.5. The molecule has 0 spiro atoms. The number of rotatable bonds is 2. The van der Waals surface area contributed by atoms with Gasteiger partial charge in [0.1, 0.15) is 5.82 Å². The number of nitrogens with zero attached hydrogens (tertiary/aromatic N) is 3. The lowest BCUT2D eigenvalue weighted by molar-refractivity contribution is 0.630. The lowest BCUT2D eigenvalue weighted by Gasteiger charge is -2.31. The number of aryl methyl sites for hydroxylation is 2. The molecular weight excluding hydrogens is 443 g/mol. The Hall–Kier alpha value is -4.39. The molecule has 0 saturated heterocycles. The van der Waals surface area contributed by atoms with Gasteiger partial charge in [0.25, 0.3) is 5.56 Å². The summed E-state index contributed by atoms with van der Waals surface area (Å²) in [6.45, 7) is 2.02. The van der Waals surface area contributed by atoms with Crippen molar-refractivity contribution in [3.63, 3.8) is 0 Å². The number of fused-ring (bicyclic) bond motifs is 5. The fraction of sp³-hybridized carbons (Fsp3) is 0.143. The van der Waals surface area contributed by atoms with Crippen LogP contribution in [0.4, 0.5) is 10.1 Å². The molecule has 0 aliphatic carbocycles. The number of para-hydroxylation sites is 2. The van der Waals surface area contributed by atoms with Crippen LogP contribution in [-0.2, 0) is 14.1 Å². The summed E-state index contributed by atoms with van der Waals surface area (Å²) in [5, 5.41) is 3.91. The van der Waals surface area contributed by atoms with E-state index >= 15 is 4.39 Å². The molecule has 174 valence electrons. The fourth-order valence-electron chi connectivity index (χ4n) is 5.13. The van der Waals surface area contributed by atoms with Gasteiger partial charge < -0.3 is 9.88 Å². The summed E-state index contributed by atoms with van der Waals surface area (Å²) in [6.07, 6.45) is 0. The molecular formula is C28H23FN4O2. The zero-order valence-electron chi connectivity index (χ0n) is 19.5. The largest absolute Gasteiger partial charge is 0.371 e. The van der Waals surface area contributed by atoms with Gasteiger partial charge in [0.15, 0.2) is 0 Å². The number of hydrogen-bond donors (Lipinski definition) is 1. The molecule has 0 amide bonds. The smallest absolute Gasteiger partial charge is 0.331 e. The minimum absolute atomic E-state index is 0.304. The number of nitrogens with one attached hydrogen (secondary N) is 1. The molecule has 6 nitrogen and oxygen atoms in total. The van der Waals surface area contributed by atoms with Crippen LogP contribution in [0.1, 0.15) is 22.9 Å². The number of hydrogen-bond acceptors (Lipinski definition) is 3. The van der Waals surface area contributed by atoms with E-state index in [1.54, 1.807) is 25.2 Å². The van der Waals surface area contributed by atoms with Crippen LogP contribution in [0, 0.1) is 12.7 Å². The van der Waals surface area contributed by atoms with E-state index in [0.717, 1.165) is 32.8 Å². The Kier molecular flexibility index (Phi) is 4.57. The molecule has 7 heteroatoms. The van der Waals surface area contributed by atoms with E-state index in [1.165, 1.54) is 17.7 Å². The molecule has 0 bridgehead atoms. The summed E-state index contributed by atoms with van der Waals surface area (Å²) in [4.78, 5) is 26.7. The Balaban J connectivity index is 1.88. The third-order valence-electron chi connectivity index (χ3n) is 6.87. The summed E-state index contributed by atoms with van der Waals surface area (Å²) < 4.78 is 19.8. The van der Waals surface area contributed by atoms with Crippen molar-refractivity contribution in [1.82, 2.24) is 13.7 Å². The van der Waals surface area contributed by atoms with Crippen molar-refractivity contribution in [1.29, 1.82) is 0 Å². The third-order valence-corrected chi connectivity index (χ3v) is 6.87. The monoisotopic (exact) mass is 466 g/mol. The van der Waals surface area contributed by atoms with Crippen LogP contribution >= 0.6 is 0 Å². The van der Waals surface area contributed by atoms with E-state index in [-0.39, 0.29) is 6.04 Å². The lowest BCUT2D eigenvalue weighted by Crippen LogP contribution is -2.37. The Bertz CT molecular complexity index is 1760. The van der Waals surface area contributed by atoms with Crippen LogP contribution in [0.3, 0.4) is 0 Å². The number of anilines is 1. The van der Waals surface area contributed by atoms with Crippen LogP contribution in [-0.4, -0.2) is 13.7 Å². The maximum absolute atomic E-state index is 15.3. The Morgan fingerprint density at radius 1 is 0.857 bits per heavy atom. The highest BCUT2D eigenvalue weighted by Crippen LogP contribution is 2.45. The molecule has 1 N–H and O–H groups in total. The predicted octanol–water partition coefficient (Wildman–Crippen LogP) is 4.66. The maximum Gasteiger partial charge on any atom is 0.331 e. The van der Waals surface area contributed by atoms with Crippen LogP contribution in [0.2, 0.25) is 0 Å². The van der Waals surface area contributed by atoms with Crippen LogP contribution in [0.25, 0.3) is 27.8 Å². The second-order valence-electron chi connectivity index (χ2n) is 8.98. The van der Waals surface area contributed by atoms with Crippen molar-refractivity contribution in [2.75, 3.05) is 5.32 Å². The van der Waals surface area contributed by atoms with Crippen molar-refractivity contribution < 1.29 is 4.39 Å². The van der Waals surface area contributed by atoms with E-state index < -0.39 is 17.1 Å². The van der Waals surface area contributed by atoms with Crippen molar-refractivity contribution in [3.8, 4) is 16.9 Å².